The molecule has 0 saturated heterocycles. The van der Waals surface area contributed by atoms with Gasteiger partial charge in [-0.2, -0.15) is 0 Å². The molecule has 1 N–H and O–H groups in total. The molecule has 0 bridgehead atoms. The van der Waals surface area contributed by atoms with E-state index >= 15 is 0 Å². The third-order valence-electron chi connectivity index (χ3n) is 3.67. The standard InChI is InChI=1S/C14H18O3/c1-3-10-4-6-11(7-5-10)14(8-9-14)12(15)13(16)17-2/h4-7,12,15H,3,8-9H2,1-2H3. The number of carbonyl (C=O) groups is 1. The molecule has 1 aliphatic rings. The number of aryl methyl sites for hydroxylation is 1. The Bertz CT molecular complexity index is 404. The zero-order chi connectivity index (χ0) is 12.5. The monoisotopic (exact) mass is 234 g/mol. The molecule has 1 fully saturated rings. The molecular formula is C14H18O3. The van der Waals surface area contributed by atoms with Gasteiger partial charge in [0.25, 0.3) is 0 Å². The average Bonchev–Trinajstić information content (AvgIpc) is 3.18. The maximum absolute atomic E-state index is 11.4. The number of methoxy groups -OCH3 is 1. The molecule has 0 heterocycles. The molecule has 0 aromatic heterocycles. The number of hydrogen-bond acceptors (Lipinski definition) is 3. The number of esters is 1. The molecule has 1 atom stereocenters. The summed E-state index contributed by atoms with van der Waals surface area (Å²) < 4.78 is 4.62. The van der Waals surface area contributed by atoms with Gasteiger partial charge in [-0.15, -0.1) is 0 Å². The predicted octanol–water partition coefficient (Wildman–Crippen LogP) is 1.81. The van der Waals surface area contributed by atoms with Crippen LogP contribution in [0.3, 0.4) is 0 Å². The maximum atomic E-state index is 11.4. The van der Waals surface area contributed by atoms with Crippen LogP contribution in [0.5, 0.6) is 0 Å². The molecule has 17 heavy (non-hydrogen) atoms. The summed E-state index contributed by atoms with van der Waals surface area (Å²) in [5.41, 5.74) is 1.89. The van der Waals surface area contributed by atoms with Gasteiger partial charge in [-0.25, -0.2) is 4.79 Å². The molecule has 1 aromatic carbocycles. The maximum Gasteiger partial charge on any atom is 0.335 e. The van der Waals surface area contributed by atoms with Crippen molar-refractivity contribution in [2.24, 2.45) is 0 Å². The largest absolute Gasteiger partial charge is 0.467 e. The van der Waals surface area contributed by atoms with Gasteiger partial charge in [0.15, 0.2) is 6.10 Å². The highest BCUT2D eigenvalue weighted by Gasteiger charge is 2.53. The molecule has 0 amide bonds. The lowest BCUT2D eigenvalue weighted by atomic mass is 9.89. The lowest BCUT2D eigenvalue weighted by Gasteiger charge is -2.20. The van der Waals surface area contributed by atoms with Crippen LogP contribution in [-0.2, 0) is 21.4 Å². The molecule has 92 valence electrons. The van der Waals surface area contributed by atoms with Crippen molar-refractivity contribution in [3.63, 3.8) is 0 Å². The van der Waals surface area contributed by atoms with Crippen molar-refractivity contribution in [3.05, 3.63) is 35.4 Å². The summed E-state index contributed by atoms with van der Waals surface area (Å²) in [5.74, 6) is -0.540. The third-order valence-corrected chi connectivity index (χ3v) is 3.67. The van der Waals surface area contributed by atoms with Crippen molar-refractivity contribution in [2.75, 3.05) is 7.11 Å². The zero-order valence-corrected chi connectivity index (χ0v) is 10.3. The first-order chi connectivity index (χ1) is 8.14. The van der Waals surface area contributed by atoms with E-state index in [4.69, 9.17) is 0 Å². The van der Waals surface area contributed by atoms with Crippen LogP contribution in [0, 0.1) is 0 Å². The van der Waals surface area contributed by atoms with Gasteiger partial charge >= 0.3 is 5.97 Å². The van der Waals surface area contributed by atoms with E-state index in [1.807, 2.05) is 12.1 Å². The number of rotatable bonds is 4. The molecule has 1 aromatic rings. The summed E-state index contributed by atoms with van der Waals surface area (Å²) in [6.45, 7) is 2.10. The molecule has 0 aliphatic heterocycles. The lowest BCUT2D eigenvalue weighted by molar-refractivity contribution is -0.152. The molecule has 0 spiro atoms. The van der Waals surface area contributed by atoms with Crippen molar-refractivity contribution in [1.29, 1.82) is 0 Å². The van der Waals surface area contributed by atoms with E-state index in [1.165, 1.54) is 12.7 Å². The fourth-order valence-electron chi connectivity index (χ4n) is 2.26. The molecule has 1 saturated carbocycles. The molecule has 0 radical (unpaired) electrons. The smallest absolute Gasteiger partial charge is 0.335 e. The summed E-state index contributed by atoms with van der Waals surface area (Å²) in [4.78, 5) is 11.4. The van der Waals surface area contributed by atoms with E-state index < -0.39 is 17.5 Å². The number of benzene rings is 1. The molecular weight excluding hydrogens is 216 g/mol. The van der Waals surface area contributed by atoms with Crippen LogP contribution < -0.4 is 0 Å². The Morgan fingerprint density at radius 1 is 1.41 bits per heavy atom. The summed E-state index contributed by atoms with van der Waals surface area (Å²) in [5, 5.41) is 10.0. The number of hydrogen-bond donors (Lipinski definition) is 1. The Balaban J connectivity index is 2.23. The Labute approximate surface area is 101 Å². The third kappa shape index (κ3) is 2.07. The number of aliphatic hydroxyl groups excluding tert-OH is 1. The van der Waals surface area contributed by atoms with E-state index in [0.29, 0.717) is 0 Å². The van der Waals surface area contributed by atoms with E-state index in [1.54, 1.807) is 0 Å². The van der Waals surface area contributed by atoms with Crippen LogP contribution in [0.25, 0.3) is 0 Å². The zero-order valence-electron chi connectivity index (χ0n) is 10.3. The van der Waals surface area contributed by atoms with E-state index in [9.17, 15) is 9.90 Å². The van der Waals surface area contributed by atoms with Gasteiger partial charge in [0.1, 0.15) is 0 Å². The average molecular weight is 234 g/mol. The lowest BCUT2D eigenvalue weighted by Crippen LogP contribution is -2.34. The van der Waals surface area contributed by atoms with Crippen LogP contribution in [0.15, 0.2) is 24.3 Å². The minimum absolute atomic E-state index is 0.403. The number of carbonyl (C=O) groups excluding carboxylic acids is 1. The number of aliphatic hydroxyl groups is 1. The van der Waals surface area contributed by atoms with Crippen LogP contribution >= 0.6 is 0 Å². The highest BCUT2D eigenvalue weighted by Crippen LogP contribution is 2.51. The van der Waals surface area contributed by atoms with Crippen LogP contribution in [0.1, 0.15) is 30.9 Å². The summed E-state index contributed by atoms with van der Waals surface area (Å²) in [6.07, 6.45) is 1.64. The second kappa shape index (κ2) is 4.49. The summed E-state index contributed by atoms with van der Waals surface area (Å²) >= 11 is 0. The fourth-order valence-corrected chi connectivity index (χ4v) is 2.26. The van der Waals surface area contributed by atoms with Crippen LogP contribution in [0.4, 0.5) is 0 Å². The Morgan fingerprint density at radius 2 is 2.00 bits per heavy atom. The van der Waals surface area contributed by atoms with Gasteiger partial charge in [-0.1, -0.05) is 31.2 Å². The van der Waals surface area contributed by atoms with E-state index in [-0.39, 0.29) is 0 Å². The molecule has 3 nitrogen and oxygen atoms in total. The van der Waals surface area contributed by atoms with Crippen molar-refractivity contribution in [2.45, 2.75) is 37.7 Å². The molecule has 2 rings (SSSR count). The van der Waals surface area contributed by atoms with Gasteiger partial charge in [-0.3, -0.25) is 0 Å². The second-order valence-electron chi connectivity index (χ2n) is 4.63. The first-order valence-corrected chi connectivity index (χ1v) is 5.99. The second-order valence-corrected chi connectivity index (χ2v) is 4.63. The van der Waals surface area contributed by atoms with Gasteiger partial charge < -0.3 is 9.84 Å². The number of ether oxygens (including phenoxy) is 1. The Hall–Kier alpha value is -1.35. The quantitative estimate of drug-likeness (QED) is 0.808. The van der Waals surface area contributed by atoms with Crippen molar-refractivity contribution >= 4 is 5.97 Å². The van der Waals surface area contributed by atoms with Gasteiger partial charge in [0.05, 0.1) is 7.11 Å². The first-order valence-electron chi connectivity index (χ1n) is 5.99. The Kier molecular flexibility index (Phi) is 3.20. The minimum atomic E-state index is -1.04. The Morgan fingerprint density at radius 3 is 2.41 bits per heavy atom. The van der Waals surface area contributed by atoms with Crippen LogP contribution in [0.2, 0.25) is 0 Å². The first kappa shape index (κ1) is 12.1. The summed E-state index contributed by atoms with van der Waals surface area (Å²) in [6, 6.07) is 8.13. The molecule has 3 heteroatoms. The SMILES string of the molecule is CCc1ccc(C2(C(O)C(=O)OC)CC2)cc1. The van der Waals surface area contributed by atoms with Gasteiger partial charge in [-0.05, 0) is 30.4 Å². The van der Waals surface area contributed by atoms with Crippen molar-refractivity contribution in [1.82, 2.24) is 0 Å². The van der Waals surface area contributed by atoms with E-state index in [0.717, 1.165) is 24.8 Å². The minimum Gasteiger partial charge on any atom is -0.467 e. The van der Waals surface area contributed by atoms with Gasteiger partial charge in [0, 0.05) is 5.41 Å². The van der Waals surface area contributed by atoms with Crippen molar-refractivity contribution < 1.29 is 14.6 Å². The van der Waals surface area contributed by atoms with Gasteiger partial charge in [0.2, 0.25) is 0 Å². The highest BCUT2D eigenvalue weighted by molar-refractivity contribution is 5.77. The highest BCUT2D eigenvalue weighted by atomic mass is 16.5. The van der Waals surface area contributed by atoms with Crippen molar-refractivity contribution in [3.8, 4) is 0 Å². The fraction of sp³-hybridized carbons (Fsp3) is 0.500. The predicted molar refractivity (Wildman–Crippen MR) is 64.8 cm³/mol. The molecule has 1 unspecified atom stereocenters. The topological polar surface area (TPSA) is 46.5 Å². The molecule has 1 aliphatic carbocycles. The van der Waals surface area contributed by atoms with E-state index in [2.05, 4.69) is 23.8 Å². The summed E-state index contributed by atoms with van der Waals surface area (Å²) in [7, 11) is 1.31. The normalized spacial score (nSPS) is 18.5. The van der Waals surface area contributed by atoms with Crippen LogP contribution in [-0.4, -0.2) is 24.3 Å².